The summed E-state index contributed by atoms with van der Waals surface area (Å²) < 4.78 is 38.1. The van der Waals surface area contributed by atoms with Crippen molar-refractivity contribution in [1.29, 1.82) is 0 Å². The maximum absolute atomic E-state index is 12.7. The van der Waals surface area contributed by atoms with Crippen LogP contribution in [0.25, 0.3) is 11.3 Å². The predicted octanol–water partition coefficient (Wildman–Crippen LogP) is 2.68. The molecule has 0 fully saturated rings. The highest BCUT2D eigenvalue weighted by atomic mass is 19.4. The van der Waals surface area contributed by atoms with E-state index in [0.717, 1.165) is 5.56 Å². The zero-order chi connectivity index (χ0) is 13.2. The van der Waals surface area contributed by atoms with Gasteiger partial charge in [-0.2, -0.15) is 18.3 Å². The van der Waals surface area contributed by atoms with Gasteiger partial charge in [-0.25, -0.2) is 0 Å². The number of alkyl halides is 3. The second kappa shape index (κ2) is 4.81. The molecule has 2 aromatic rings. The van der Waals surface area contributed by atoms with E-state index in [2.05, 4.69) is 10.2 Å². The third-order valence-corrected chi connectivity index (χ3v) is 2.67. The molecule has 1 atom stereocenters. The number of rotatable bonds is 3. The third kappa shape index (κ3) is 2.53. The molecule has 0 spiro atoms. The second-order valence-corrected chi connectivity index (χ2v) is 3.90. The number of H-pyrrole nitrogens is 1. The van der Waals surface area contributed by atoms with Crippen molar-refractivity contribution in [1.82, 2.24) is 10.2 Å². The largest absolute Gasteiger partial charge is 0.398 e. The molecule has 0 saturated carbocycles. The Morgan fingerprint density at radius 1 is 1.22 bits per heavy atom. The molecule has 6 heteroatoms. The van der Waals surface area contributed by atoms with Crippen LogP contribution >= 0.6 is 0 Å². The molecule has 0 aliphatic carbocycles. The van der Waals surface area contributed by atoms with E-state index in [4.69, 9.17) is 5.73 Å². The molecule has 1 unspecified atom stereocenters. The van der Waals surface area contributed by atoms with Crippen molar-refractivity contribution < 1.29 is 13.2 Å². The number of benzene rings is 1. The van der Waals surface area contributed by atoms with Crippen LogP contribution in [0, 0.1) is 0 Å². The normalized spacial score (nSPS) is 13.6. The summed E-state index contributed by atoms with van der Waals surface area (Å²) in [5.74, 6) is -1.71. The number of aromatic amines is 1. The van der Waals surface area contributed by atoms with Gasteiger partial charge in [-0.1, -0.05) is 30.3 Å². The molecule has 0 saturated heterocycles. The van der Waals surface area contributed by atoms with E-state index in [9.17, 15) is 13.2 Å². The summed E-state index contributed by atoms with van der Waals surface area (Å²) in [4.78, 5) is 0. The van der Waals surface area contributed by atoms with E-state index < -0.39 is 18.6 Å². The zero-order valence-corrected chi connectivity index (χ0v) is 9.41. The number of hydrogen-bond donors (Lipinski definition) is 2. The molecule has 3 N–H and O–H groups in total. The van der Waals surface area contributed by atoms with Gasteiger partial charge in [-0.15, -0.1) is 0 Å². The van der Waals surface area contributed by atoms with E-state index in [1.54, 1.807) is 24.3 Å². The Kier molecular flexibility index (Phi) is 3.38. The zero-order valence-electron chi connectivity index (χ0n) is 9.41. The van der Waals surface area contributed by atoms with E-state index in [1.165, 1.54) is 6.07 Å². The van der Waals surface area contributed by atoms with Gasteiger partial charge in [-0.05, 0) is 6.07 Å². The standard InChI is InChI=1S/C12H12F3N3/c13-12(14,15)9(7-16)11-6-10(17-18-11)8-4-2-1-3-5-8/h1-6,9H,7,16H2,(H,17,18). The van der Waals surface area contributed by atoms with Crippen LogP contribution in [0.3, 0.4) is 0 Å². The maximum Gasteiger partial charge on any atom is 0.398 e. The van der Waals surface area contributed by atoms with Crippen molar-refractivity contribution in [3.63, 3.8) is 0 Å². The lowest BCUT2D eigenvalue weighted by molar-refractivity contribution is -0.148. The molecule has 1 heterocycles. The molecule has 1 aromatic carbocycles. The van der Waals surface area contributed by atoms with Crippen molar-refractivity contribution in [2.75, 3.05) is 6.54 Å². The molecular formula is C12H12F3N3. The Balaban J connectivity index is 2.31. The summed E-state index contributed by atoms with van der Waals surface area (Å²) in [6.45, 7) is -0.500. The predicted molar refractivity (Wildman–Crippen MR) is 61.9 cm³/mol. The van der Waals surface area contributed by atoms with Crippen molar-refractivity contribution >= 4 is 0 Å². The highest BCUT2D eigenvalue weighted by Gasteiger charge is 2.40. The summed E-state index contributed by atoms with van der Waals surface area (Å²) in [5, 5.41) is 6.30. The van der Waals surface area contributed by atoms with E-state index in [0.29, 0.717) is 5.69 Å². The number of nitrogens with zero attached hydrogens (tertiary/aromatic N) is 1. The molecule has 0 aliphatic heterocycles. The van der Waals surface area contributed by atoms with Crippen LogP contribution in [0.15, 0.2) is 36.4 Å². The van der Waals surface area contributed by atoms with Gasteiger partial charge in [0, 0.05) is 17.8 Å². The van der Waals surface area contributed by atoms with E-state index >= 15 is 0 Å². The molecule has 3 nitrogen and oxygen atoms in total. The Labute approximate surface area is 102 Å². The minimum absolute atomic E-state index is 0.0103. The molecule has 0 bridgehead atoms. The van der Waals surface area contributed by atoms with Gasteiger partial charge >= 0.3 is 6.18 Å². The summed E-state index contributed by atoms with van der Waals surface area (Å²) in [6.07, 6.45) is -4.37. The minimum atomic E-state index is -4.37. The van der Waals surface area contributed by atoms with Gasteiger partial charge in [0.1, 0.15) is 5.92 Å². The summed E-state index contributed by atoms with van der Waals surface area (Å²) in [5.41, 5.74) is 6.40. The average Bonchev–Trinajstić information content (AvgIpc) is 2.78. The first-order valence-electron chi connectivity index (χ1n) is 5.40. The summed E-state index contributed by atoms with van der Waals surface area (Å²) >= 11 is 0. The lowest BCUT2D eigenvalue weighted by Crippen LogP contribution is -2.28. The van der Waals surface area contributed by atoms with Crippen molar-refractivity contribution in [2.45, 2.75) is 12.1 Å². The fraction of sp³-hybridized carbons (Fsp3) is 0.250. The molecule has 0 amide bonds. The monoisotopic (exact) mass is 255 g/mol. The van der Waals surface area contributed by atoms with Gasteiger partial charge in [-0.3, -0.25) is 5.10 Å². The number of nitrogens with two attached hydrogens (primary N) is 1. The molecular weight excluding hydrogens is 243 g/mol. The Morgan fingerprint density at radius 3 is 2.44 bits per heavy atom. The lowest BCUT2D eigenvalue weighted by Gasteiger charge is -2.16. The Hall–Kier alpha value is -1.82. The van der Waals surface area contributed by atoms with Crippen molar-refractivity contribution in [3.8, 4) is 11.3 Å². The fourth-order valence-electron chi connectivity index (χ4n) is 1.71. The van der Waals surface area contributed by atoms with Crippen LogP contribution < -0.4 is 5.73 Å². The number of aromatic nitrogens is 2. The van der Waals surface area contributed by atoms with Gasteiger partial charge in [0.2, 0.25) is 0 Å². The maximum atomic E-state index is 12.7. The van der Waals surface area contributed by atoms with Crippen molar-refractivity contribution in [3.05, 3.63) is 42.1 Å². The topological polar surface area (TPSA) is 54.7 Å². The Bertz CT molecular complexity index is 505. The molecule has 18 heavy (non-hydrogen) atoms. The molecule has 0 radical (unpaired) electrons. The quantitative estimate of drug-likeness (QED) is 0.885. The van der Waals surface area contributed by atoms with Gasteiger partial charge in [0.05, 0.1) is 5.69 Å². The first-order valence-corrected chi connectivity index (χ1v) is 5.40. The van der Waals surface area contributed by atoms with Crippen LogP contribution in [0.2, 0.25) is 0 Å². The van der Waals surface area contributed by atoms with Gasteiger partial charge in [0.15, 0.2) is 0 Å². The highest BCUT2D eigenvalue weighted by Crippen LogP contribution is 2.34. The minimum Gasteiger partial charge on any atom is -0.329 e. The van der Waals surface area contributed by atoms with Crippen LogP contribution in [0.4, 0.5) is 13.2 Å². The van der Waals surface area contributed by atoms with E-state index in [1.807, 2.05) is 6.07 Å². The average molecular weight is 255 g/mol. The van der Waals surface area contributed by atoms with Crippen LogP contribution in [-0.4, -0.2) is 22.9 Å². The van der Waals surface area contributed by atoms with Crippen LogP contribution in [0.1, 0.15) is 11.6 Å². The molecule has 0 aliphatic rings. The number of halogens is 3. The first-order chi connectivity index (χ1) is 8.52. The molecule has 96 valence electrons. The third-order valence-electron chi connectivity index (χ3n) is 2.67. The smallest absolute Gasteiger partial charge is 0.329 e. The lowest BCUT2D eigenvalue weighted by atomic mass is 10.0. The number of hydrogen-bond acceptors (Lipinski definition) is 2. The Morgan fingerprint density at radius 2 is 1.89 bits per heavy atom. The van der Waals surface area contributed by atoms with Gasteiger partial charge in [0.25, 0.3) is 0 Å². The fourth-order valence-corrected chi connectivity index (χ4v) is 1.71. The number of nitrogens with one attached hydrogen (secondary N) is 1. The molecule has 1 aromatic heterocycles. The van der Waals surface area contributed by atoms with Gasteiger partial charge < -0.3 is 5.73 Å². The highest BCUT2D eigenvalue weighted by molar-refractivity contribution is 5.59. The van der Waals surface area contributed by atoms with Crippen LogP contribution in [-0.2, 0) is 0 Å². The second-order valence-electron chi connectivity index (χ2n) is 3.90. The van der Waals surface area contributed by atoms with E-state index in [-0.39, 0.29) is 5.69 Å². The SMILES string of the molecule is NCC(c1cc(-c2ccccc2)n[nH]1)C(F)(F)F. The molecule has 2 rings (SSSR count). The van der Waals surface area contributed by atoms with Crippen LogP contribution in [0.5, 0.6) is 0 Å². The summed E-state index contributed by atoms with van der Waals surface area (Å²) in [6, 6.07) is 10.4. The summed E-state index contributed by atoms with van der Waals surface area (Å²) in [7, 11) is 0. The van der Waals surface area contributed by atoms with Crippen molar-refractivity contribution in [2.24, 2.45) is 5.73 Å². The first kappa shape index (κ1) is 12.6.